The highest BCUT2D eigenvalue weighted by atomic mass is 19.4. The molecule has 2 rings (SSSR count). The molecule has 1 aromatic rings. The summed E-state index contributed by atoms with van der Waals surface area (Å²) in [5.41, 5.74) is 0. The Kier molecular flexibility index (Phi) is 3.98. The summed E-state index contributed by atoms with van der Waals surface area (Å²) < 4.78 is 44.4. The predicted octanol–water partition coefficient (Wildman–Crippen LogP) is 1.46. The van der Waals surface area contributed by atoms with Crippen molar-refractivity contribution in [1.82, 2.24) is 20.1 Å². The Morgan fingerprint density at radius 1 is 1.50 bits per heavy atom. The van der Waals surface area contributed by atoms with E-state index in [-0.39, 0.29) is 18.9 Å². The third-order valence-corrected chi connectivity index (χ3v) is 3.06. The largest absolute Gasteiger partial charge is 0.466 e. The minimum absolute atomic E-state index is 0.0729. The molecule has 2 atom stereocenters. The van der Waals surface area contributed by atoms with Crippen molar-refractivity contribution in [3.05, 3.63) is 11.6 Å². The van der Waals surface area contributed by atoms with Crippen molar-refractivity contribution < 1.29 is 22.7 Å². The topological polar surface area (TPSA) is 69.0 Å². The lowest BCUT2D eigenvalue weighted by atomic mass is 10.1. The third-order valence-electron chi connectivity index (χ3n) is 3.06. The lowest BCUT2D eigenvalue weighted by molar-refractivity contribution is -0.148. The van der Waals surface area contributed by atoms with E-state index >= 15 is 0 Å². The van der Waals surface area contributed by atoms with Gasteiger partial charge in [0.2, 0.25) is 5.82 Å². The van der Waals surface area contributed by atoms with Crippen molar-refractivity contribution in [2.75, 3.05) is 13.2 Å². The van der Waals surface area contributed by atoms with E-state index < -0.39 is 30.1 Å². The van der Waals surface area contributed by atoms with Gasteiger partial charge in [0.05, 0.1) is 19.1 Å². The average molecular weight is 292 g/mol. The summed E-state index contributed by atoms with van der Waals surface area (Å²) in [4.78, 5) is 11.5. The van der Waals surface area contributed by atoms with Crippen molar-refractivity contribution in [1.29, 1.82) is 0 Å². The van der Waals surface area contributed by atoms with Gasteiger partial charge in [0.15, 0.2) is 5.82 Å². The molecule has 0 aromatic carbocycles. The molecule has 1 N–H and O–H groups in total. The normalized spacial score (nSPS) is 22.4. The molecule has 112 valence electrons. The minimum Gasteiger partial charge on any atom is -0.466 e. The van der Waals surface area contributed by atoms with Gasteiger partial charge in [-0.2, -0.15) is 13.2 Å². The number of nitrogens with one attached hydrogen (secondary N) is 1. The van der Waals surface area contributed by atoms with Crippen LogP contribution in [0.1, 0.15) is 44.0 Å². The van der Waals surface area contributed by atoms with Gasteiger partial charge in [-0.3, -0.25) is 4.79 Å². The molecule has 6 nitrogen and oxygen atoms in total. The van der Waals surface area contributed by atoms with Crippen molar-refractivity contribution >= 4 is 5.97 Å². The lowest BCUT2D eigenvalue weighted by Crippen LogP contribution is -2.39. The molecule has 9 heteroatoms. The number of aromatic nitrogens is 3. The van der Waals surface area contributed by atoms with E-state index in [9.17, 15) is 18.0 Å². The maximum Gasteiger partial charge on any atom is 0.451 e. The summed E-state index contributed by atoms with van der Waals surface area (Å²) >= 11 is 0. The van der Waals surface area contributed by atoms with Crippen LogP contribution in [0.5, 0.6) is 0 Å². The van der Waals surface area contributed by atoms with Gasteiger partial charge in [0.25, 0.3) is 0 Å². The maximum atomic E-state index is 12.9. The molecule has 0 aliphatic carbocycles. The summed E-state index contributed by atoms with van der Waals surface area (Å²) in [5, 5.41) is 9.80. The Balaban J connectivity index is 2.29. The van der Waals surface area contributed by atoms with Crippen LogP contribution in [0.15, 0.2) is 0 Å². The number of nitrogens with zero attached hydrogens (tertiary/aromatic N) is 3. The van der Waals surface area contributed by atoms with E-state index in [4.69, 9.17) is 4.74 Å². The van der Waals surface area contributed by atoms with Crippen LogP contribution in [0.4, 0.5) is 13.2 Å². The Morgan fingerprint density at radius 3 is 2.80 bits per heavy atom. The van der Waals surface area contributed by atoms with E-state index in [1.807, 2.05) is 0 Å². The molecule has 0 saturated carbocycles. The molecule has 2 heterocycles. The van der Waals surface area contributed by atoms with E-state index in [1.54, 1.807) is 13.8 Å². The number of hydrogen-bond donors (Lipinski definition) is 1. The van der Waals surface area contributed by atoms with Crippen LogP contribution in [-0.4, -0.2) is 33.9 Å². The summed E-state index contributed by atoms with van der Waals surface area (Å²) in [7, 11) is 0. The number of esters is 1. The minimum atomic E-state index is -4.56. The predicted molar refractivity (Wildman–Crippen MR) is 61.7 cm³/mol. The number of halogens is 3. The SMILES string of the molecule is CCOC(=O)CC1NCC(C)n2c1nnc2C(F)(F)F. The lowest BCUT2D eigenvalue weighted by Gasteiger charge is -2.29. The second-order valence-corrected chi connectivity index (χ2v) is 4.57. The molecule has 0 amide bonds. The Bertz CT molecular complexity index is 500. The zero-order valence-corrected chi connectivity index (χ0v) is 11.1. The monoisotopic (exact) mass is 292 g/mol. The first-order valence-electron chi connectivity index (χ1n) is 6.25. The third kappa shape index (κ3) is 2.77. The summed E-state index contributed by atoms with van der Waals surface area (Å²) in [6.45, 7) is 3.83. The quantitative estimate of drug-likeness (QED) is 0.854. The number of rotatable bonds is 3. The Morgan fingerprint density at radius 2 is 2.20 bits per heavy atom. The number of alkyl halides is 3. The van der Waals surface area contributed by atoms with E-state index in [2.05, 4.69) is 15.5 Å². The zero-order valence-electron chi connectivity index (χ0n) is 11.1. The van der Waals surface area contributed by atoms with Crippen LogP contribution >= 0.6 is 0 Å². The van der Waals surface area contributed by atoms with Crippen LogP contribution < -0.4 is 5.32 Å². The molecule has 0 spiro atoms. The number of carbonyl (C=O) groups is 1. The van der Waals surface area contributed by atoms with Crippen molar-refractivity contribution in [3.63, 3.8) is 0 Å². The van der Waals surface area contributed by atoms with Gasteiger partial charge in [-0.1, -0.05) is 0 Å². The molecular formula is C11H15F3N4O2. The molecular weight excluding hydrogens is 277 g/mol. The first-order valence-corrected chi connectivity index (χ1v) is 6.25. The molecule has 1 aliphatic rings. The Labute approximate surface area is 113 Å². The standard InChI is InChI=1S/C11H15F3N4O2/c1-3-20-8(19)4-7-9-16-17-10(11(12,13)14)18(9)6(2)5-15-7/h6-7,15H,3-5H2,1-2H3. The van der Waals surface area contributed by atoms with Gasteiger partial charge in [0.1, 0.15) is 0 Å². The van der Waals surface area contributed by atoms with Crippen molar-refractivity contribution in [2.45, 2.75) is 38.5 Å². The van der Waals surface area contributed by atoms with Gasteiger partial charge in [-0.15, -0.1) is 10.2 Å². The number of ether oxygens (including phenoxy) is 1. The van der Waals surface area contributed by atoms with Crippen molar-refractivity contribution in [2.24, 2.45) is 0 Å². The summed E-state index contributed by atoms with van der Waals surface area (Å²) in [5.74, 6) is -1.40. The van der Waals surface area contributed by atoms with Crippen LogP contribution in [0.25, 0.3) is 0 Å². The maximum absolute atomic E-state index is 12.9. The van der Waals surface area contributed by atoms with Crippen LogP contribution in [0.2, 0.25) is 0 Å². The molecule has 1 aliphatic heterocycles. The van der Waals surface area contributed by atoms with Gasteiger partial charge < -0.3 is 14.6 Å². The molecule has 1 aromatic heterocycles. The molecule has 2 unspecified atom stereocenters. The molecule has 0 bridgehead atoms. The average Bonchev–Trinajstić information content (AvgIpc) is 2.78. The highest BCUT2D eigenvalue weighted by molar-refractivity contribution is 5.70. The van der Waals surface area contributed by atoms with Gasteiger partial charge in [-0.25, -0.2) is 0 Å². The highest BCUT2D eigenvalue weighted by Crippen LogP contribution is 2.34. The second kappa shape index (κ2) is 5.39. The fourth-order valence-electron chi connectivity index (χ4n) is 2.21. The van der Waals surface area contributed by atoms with Crippen LogP contribution in [0, 0.1) is 0 Å². The fraction of sp³-hybridized carbons (Fsp3) is 0.727. The zero-order chi connectivity index (χ0) is 14.9. The highest BCUT2D eigenvalue weighted by Gasteiger charge is 2.42. The molecule has 0 fully saturated rings. The first kappa shape index (κ1) is 14.8. The van der Waals surface area contributed by atoms with E-state index in [0.717, 1.165) is 4.57 Å². The number of fused-ring (bicyclic) bond motifs is 1. The van der Waals surface area contributed by atoms with Gasteiger partial charge >= 0.3 is 12.1 Å². The summed E-state index contributed by atoms with van der Waals surface area (Å²) in [6.07, 6.45) is -4.64. The summed E-state index contributed by atoms with van der Waals surface area (Å²) in [6, 6.07) is -1.05. The van der Waals surface area contributed by atoms with Crippen LogP contribution in [0.3, 0.4) is 0 Å². The van der Waals surface area contributed by atoms with Crippen molar-refractivity contribution in [3.8, 4) is 0 Å². The van der Waals surface area contributed by atoms with E-state index in [1.165, 1.54) is 0 Å². The Hall–Kier alpha value is -1.64. The van der Waals surface area contributed by atoms with Gasteiger partial charge in [0, 0.05) is 12.6 Å². The van der Waals surface area contributed by atoms with Gasteiger partial charge in [-0.05, 0) is 13.8 Å². The first-order chi connectivity index (χ1) is 9.34. The molecule has 0 radical (unpaired) electrons. The van der Waals surface area contributed by atoms with Crippen LogP contribution in [-0.2, 0) is 15.7 Å². The number of hydrogen-bond acceptors (Lipinski definition) is 5. The molecule has 0 saturated heterocycles. The smallest absolute Gasteiger partial charge is 0.451 e. The fourth-order valence-corrected chi connectivity index (χ4v) is 2.21. The molecule has 20 heavy (non-hydrogen) atoms. The second-order valence-electron chi connectivity index (χ2n) is 4.57. The van der Waals surface area contributed by atoms with E-state index in [0.29, 0.717) is 6.54 Å². The number of carbonyl (C=O) groups excluding carboxylic acids is 1.